The van der Waals surface area contributed by atoms with Crippen molar-refractivity contribution in [1.82, 2.24) is 10.6 Å². The number of nitrogens with one attached hydrogen (secondary N) is 2. The molecule has 76 valence electrons. The molecule has 1 aliphatic rings. The van der Waals surface area contributed by atoms with Gasteiger partial charge in [-0.2, -0.15) is 0 Å². The first kappa shape index (κ1) is 10.5. The summed E-state index contributed by atoms with van der Waals surface area (Å²) in [6.45, 7) is 3.70. The Morgan fingerprint density at radius 2 is 2.54 bits per heavy atom. The van der Waals surface area contributed by atoms with Crippen LogP contribution in [0, 0.1) is 0 Å². The average molecular weight is 186 g/mol. The van der Waals surface area contributed by atoms with E-state index in [1.807, 2.05) is 6.92 Å². The molecule has 1 aliphatic heterocycles. The molecule has 0 bridgehead atoms. The SMILES string of the molecule is COC(C)CNCC1CCC(=O)N1. The molecule has 0 aromatic heterocycles. The summed E-state index contributed by atoms with van der Waals surface area (Å²) >= 11 is 0. The van der Waals surface area contributed by atoms with Crippen LogP contribution in [0.15, 0.2) is 0 Å². The van der Waals surface area contributed by atoms with Gasteiger partial charge >= 0.3 is 0 Å². The highest BCUT2D eigenvalue weighted by molar-refractivity contribution is 5.78. The molecule has 0 spiro atoms. The summed E-state index contributed by atoms with van der Waals surface area (Å²) < 4.78 is 5.09. The Labute approximate surface area is 79.0 Å². The fraction of sp³-hybridized carbons (Fsp3) is 0.889. The molecule has 2 N–H and O–H groups in total. The van der Waals surface area contributed by atoms with E-state index in [4.69, 9.17) is 4.74 Å². The highest BCUT2D eigenvalue weighted by Gasteiger charge is 2.19. The number of amides is 1. The maximum Gasteiger partial charge on any atom is 0.220 e. The van der Waals surface area contributed by atoms with Crippen molar-refractivity contribution < 1.29 is 9.53 Å². The van der Waals surface area contributed by atoms with E-state index in [0.717, 1.165) is 19.5 Å². The first-order valence-corrected chi connectivity index (χ1v) is 4.75. The van der Waals surface area contributed by atoms with E-state index in [1.165, 1.54) is 0 Å². The van der Waals surface area contributed by atoms with Gasteiger partial charge in [-0.1, -0.05) is 0 Å². The topological polar surface area (TPSA) is 50.4 Å². The lowest BCUT2D eigenvalue weighted by Crippen LogP contribution is -2.38. The molecular formula is C9H18N2O2. The van der Waals surface area contributed by atoms with Crippen LogP contribution in [0.3, 0.4) is 0 Å². The quantitative estimate of drug-likeness (QED) is 0.630. The summed E-state index contributed by atoms with van der Waals surface area (Å²) in [5.41, 5.74) is 0. The van der Waals surface area contributed by atoms with E-state index in [1.54, 1.807) is 7.11 Å². The summed E-state index contributed by atoms with van der Waals surface area (Å²) in [5.74, 6) is 0.173. The van der Waals surface area contributed by atoms with Crippen LogP contribution in [0.2, 0.25) is 0 Å². The Morgan fingerprint density at radius 3 is 3.08 bits per heavy atom. The Kier molecular flexibility index (Phi) is 4.18. The maximum atomic E-state index is 10.8. The van der Waals surface area contributed by atoms with E-state index in [0.29, 0.717) is 12.5 Å². The van der Waals surface area contributed by atoms with Gasteiger partial charge in [0.05, 0.1) is 6.10 Å². The molecule has 4 heteroatoms. The molecule has 0 aromatic carbocycles. The molecule has 0 radical (unpaired) electrons. The largest absolute Gasteiger partial charge is 0.380 e. The highest BCUT2D eigenvalue weighted by atomic mass is 16.5. The van der Waals surface area contributed by atoms with Gasteiger partial charge in [-0.25, -0.2) is 0 Å². The number of ether oxygens (including phenoxy) is 1. The minimum atomic E-state index is 0.173. The molecule has 1 amide bonds. The highest BCUT2D eigenvalue weighted by Crippen LogP contribution is 2.04. The van der Waals surface area contributed by atoms with Crippen LogP contribution in [-0.4, -0.2) is 38.3 Å². The van der Waals surface area contributed by atoms with E-state index in [2.05, 4.69) is 10.6 Å². The number of rotatable bonds is 5. The Morgan fingerprint density at radius 1 is 1.77 bits per heavy atom. The third-order valence-electron chi connectivity index (χ3n) is 2.31. The van der Waals surface area contributed by atoms with Crippen molar-refractivity contribution in [3.63, 3.8) is 0 Å². The fourth-order valence-corrected chi connectivity index (χ4v) is 1.37. The van der Waals surface area contributed by atoms with Gasteiger partial charge in [-0.05, 0) is 13.3 Å². The molecule has 4 nitrogen and oxygen atoms in total. The molecular weight excluding hydrogens is 168 g/mol. The predicted molar refractivity (Wildman–Crippen MR) is 50.5 cm³/mol. The van der Waals surface area contributed by atoms with E-state index >= 15 is 0 Å². The van der Waals surface area contributed by atoms with Crippen molar-refractivity contribution in [1.29, 1.82) is 0 Å². The van der Waals surface area contributed by atoms with Crippen LogP contribution in [0.4, 0.5) is 0 Å². The van der Waals surface area contributed by atoms with E-state index < -0.39 is 0 Å². The zero-order valence-electron chi connectivity index (χ0n) is 8.30. The molecule has 1 saturated heterocycles. The van der Waals surface area contributed by atoms with E-state index in [9.17, 15) is 4.79 Å². The third kappa shape index (κ3) is 3.74. The van der Waals surface area contributed by atoms with Gasteiger partial charge in [0.15, 0.2) is 0 Å². The third-order valence-corrected chi connectivity index (χ3v) is 2.31. The number of hydrogen-bond donors (Lipinski definition) is 2. The van der Waals surface area contributed by atoms with Gasteiger partial charge in [0, 0.05) is 32.7 Å². The molecule has 0 aromatic rings. The second-order valence-electron chi connectivity index (χ2n) is 3.51. The zero-order valence-corrected chi connectivity index (χ0v) is 8.30. The monoisotopic (exact) mass is 186 g/mol. The molecule has 2 atom stereocenters. The van der Waals surface area contributed by atoms with Crippen molar-refractivity contribution in [3.05, 3.63) is 0 Å². The van der Waals surface area contributed by atoms with Gasteiger partial charge in [0.1, 0.15) is 0 Å². The average Bonchev–Trinajstić information content (AvgIpc) is 2.51. The van der Waals surface area contributed by atoms with Crippen molar-refractivity contribution in [2.75, 3.05) is 20.2 Å². The van der Waals surface area contributed by atoms with Gasteiger partial charge in [-0.3, -0.25) is 4.79 Å². The molecule has 0 aliphatic carbocycles. The van der Waals surface area contributed by atoms with Crippen LogP contribution in [0.5, 0.6) is 0 Å². The van der Waals surface area contributed by atoms with Crippen molar-refractivity contribution >= 4 is 5.91 Å². The summed E-state index contributed by atoms with van der Waals surface area (Å²) in [7, 11) is 1.70. The smallest absolute Gasteiger partial charge is 0.220 e. The lowest BCUT2D eigenvalue weighted by molar-refractivity contribution is -0.119. The van der Waals surface area contributed by atoms with Gasteiger partial charge in [-0.15, -0.1) is 0 Å². The van der Waals surface area contributed by atoms with Crippen LogP contribution in [-0.2, 0) is 9.53 Å². The van der Waals surface area contributed by atoms with Gasteiger partial charge in [0.2, 0.25) is 5.91 Å². The van der Waals surface area contributed by atoms with Crippen molar-refractivity contribution in [2.45, 2.75) is 31.9 Å². The minimum Gasteiger partial charge on any atom is -0.380 e. The van der Waals surface area contributed by atoms with Gasteiger partial charge in [0.25, 0.3) is 0 Å². The Bertz CT molecular complexity index is 173. The number of carbonyl (C=O) groups is 1. The van der Waals surface area contributed by atoms with Crippen LogP contribution in [0.25, 0.3) is 0 Å². The second kappa shape index (κ2) is 5.19. The van der Waals surface area contributed by atoms with Crippen molar-refractivity contribution in [2.24, 2.45) is 0 Å². The lowest BCUT2D eigenvalue weighted by Gasteiger charge is -2.14. The summed E-state index contributed by atoms with van der Waals surface area (Å²) in [6, 6.07) is 0.316. The summed E-state index contributed by atoms with van der Waals surface area (Å²) in [5, 5.41) is 6.16. The molecule has 0 saturated carbocycles. The molecule has 1 fully saturated rings. The zero-order chi connectivity index (χ0) is 9.68. The molecule has 13 heavy (non-hydrogen) atoms. The van der Waals surface area contributed by atoms with Crippen LogP contribution < -0.4 is 10.6 Å². The maximum absolute atomic E-state index is 10.8. The standard InChI is InChI=1S/C9H18N2O2/c1-7(13-2)5-10-6-8-3-4-9(12)11-8/h7-8,10H,3-6H2,1-2H3,(H,11,12). The first-order chi connectivity index (χ1) is 6.22. The number of carbonyl (C=O) groups excluding carboxylic acids is 1. The Hall–Kier alpha value is -0.610. The molecule has 2 unspecified atom stereocenters. The fourth-order valence-electron chi connectivity index (χ4n) is 1.37. The predicted octanol–water partition coefficient (Wildman–Crippen LogP) is -0.110. The normalized spacial score (nSPS) is 24.5. The first-order valence-electron chi connectivity index (χ1n) is 4.75. The molecule has 1 rings (SSSR count). The van der Waals surface area contributed by atoms with Gasteiger partial charge < -0.3 is 15.4 Å². The van der Waals surface area contributed by atoms with E-state index in [-0.39, 0.29) is 12.0 Å². The summed E-state index contributed by atoms with van der Waals surface area (Å²) in [4.78, 5) is 10.8. The number of hydrogen-bond acceptors (Lipinski definition) is 3. The molecule has 1 heterocycles. The number of methoxy groups -OCH3 is 1. The second-order valence-corrected chi connectivity index (χ2v) is 3.51. The van der Waals surface area contributed by atoms with Crippen molar-refractivity contribution in [3.8, 4) is 0 Å². The summed E-state index contributed by atoms with van der Waals surface area (Å²) in [6.07, 6.45) is 1.86. The lowest BCUT2D eigenvalue weighted by atomic mass is 10.2. The minimum absolute atomic E-state index is 0.173. The Balaban J connectivity index is 2.03. The van der Waals surface area contributed by atoms with Crippen LogP contribution >= 0.6 is 0 Å². The van der Waals surface area contributed by atoms with Crippen LogP contribution in [0.1, 0.15) is 19.8 Å².